The molecule has 1 fully saturated rings. The number of rotatable bonds is 1. The van der Waals surface area contributed by atoms with Crippen LogP contribution in [-0.2, 0) is 17.3 Å². The summed E-state index contributed by atoms with van der Waals surface area (Å²) in [5.74, 6) is -0.926. The molecule has 0 radical (unpaired) electrons. The number of carbonyl (C=O) groups is 1. The van der Waals surface area contributed by atoms with E-state index in [4.69, 9.17) is 4.74 Å². The summed E-state index contributed by atoms with van der Waals surface area (Å²) >= 11 is 0. The van der Waals surface area contributed by atoms with Gasteiger partial charge in [-0.25, -0.2) is 9.18 Å². The molecule has 35 heavy (non-hydrogen) atoms. The fraction of sp³-hybridized carbons (Fsp3) is 0.519. The number of nitrogens with zero attached hydrogens (tertiary/aromatic N) is 2. The molecule has 2 aromatic carbocycles. The minimum atomic E-state index is -4.67. The lowest BCUT2D eigenvalue weighted by atomic mass is 9.85. The predicted octanol–water partition coefficient (Wildman–Crippen LogP) is 6.76. The fourth-order valence-corrected chi connectivity index (χ4v) is 5.85. The molecule has 2 aromatic rings. The Balaban J connectivity index is 1.58. The van der Waals surface area contributed by atoms with Crippen molar-refractivity contribution in [3.63, 3.8) is 0 Å². The third-order valence-corrected chi connectivity index (χ3v) is 7.23. The fourth-order valence-electron chi connectivity index (χ4n) is 5.85. The van der Waals surface area contributed by atoms with E-state index >= 15 is 0 Å². The van der Waals surface area contributed by atoms with Gasteiger partial charge in [0, 0.05) is 37.3 Å². The van der Waals surface area contributed by atoms with E-state index in [1.165, 1.54) is 6.07 Å². The summed E-state index contributed by atoms with van der Waals surface area (Å²) in [6.45, 7) is 7.43. The van der Waals surface area contributed by atoms with Crippen LogP contribution >= 0.6 is 0 Å². The summed E-state index contributed by atoms with van der Waals surface area (Å²) in [4.78, 5) is 16.9. The molecule has 5 rings (SSSR count). The predicted molar refractivity (Wildman–Crippen MR) is 126 cm³/mol. The normalized spacial score (nSPS) is 21.9. The van der Waals surface area contributed by atoms with Gasteiger partial charge < -0.3 is 14.5 Å². The Kier molecular flexibility index (Phi) is 5.76. The maximum Gasteiger partial charge on any atom is 0.417 e. The molecule has 1 saturated heterocycles. The molecule has 0 spiro atoms. The molecule has 4 nitrogen and oxygen atoms in total. The van der Waals surface area contributed by atoms with Crippen LogP contribution in [0.4, 0.5) is 28.0 Å². The molecule has 0 saturated carbocycles. The first kappa shape index (κ1) is 23.9. The van der Waals surface area contributed by atoms with Crippen molar-refractivity contribution < 1.29 is 27.1 Å². The first-order chi connectivity index (χ1) is 16.4. The number of carbonyl (C=O) groups excluding carboxylic acids is 1. The molecule has 188 valence electrons. The standard InChI is InChI=1S/C27H30F4N2O2/c1-26(2,3)35-25(34)32-11-9-23-21(15-32)20-13-17(12-16-6-4-5-10-33(23)24(16)20)19-8-7-18(28)14-22(19)27(29,30)31/h7-8,12-14,21,23H,4-6,9-11,15H2,1-3H3/t21-,23-/m0/s1. The van der Waals surface area contributed by atoms with Gasteiger partial charge >= 0.3 is 12.3 Å². The molecule has 8 heteroatoms. The van der Waals surface area contributed by atoms with Crippen LogP contribution in [-0.4, -0.2) is 42.3 Å². The van der Waals surface area contributed by atoms with Gasteiger partial charge in [0.05, 0.1) is 5.56 Å². The summed E-state index contributed by atoms with van der Waals surface area (Å²) in [6.07, 6.45) is -1.51. The number of fused-ring (bicyclic) bond motifs is 3. The van der Waals surface area contributed by atoms with Crippen LogP contribution in [0.2, 0.25) is 0 Å². The lowest BCUT2D eigenvalue weighted by Crippen LogP contribution is -2.49. The lowest BCUT2D eigenvalue weighted by molar-refractivity contribution is -0.137. The summed E-state index contributed by atoms with van der Waals surface area (Å²) in [5.41, 5.74) is 1.98. The average molecular weight is 491 g/mol. The van der Waals surface area contributed by atoms with E-state index in [0.717, 1.165) is 55.1 Å². The molecule has 0 unspecified atom stereocenters. The number of anilines is 1. The Morgan fingerprint density at radius 2 is 1.83 bits per heavy atom. The van der Waals surface area contributed by atoms with Gasteiger partial charge in [-0.3, -0.25) is 0 Å². The summed E-state index contributed by atoms with van der Waals surface area (Å²) < 4.78 is 60.8. The molecular formula is C27H30F4N2O2. The maximum atomic E-state index is 13.8. The van der Waals surface area contributed by atoms with Crippen LogP contribution in [0, 0.1) is 5.82 Å². The zero-order valence-corrected chi connectivity index (χ0v) is 20.2. The van der Waals surface area contributed by atoms with Gasteiger partial charge in [-0.05, 0) is 93.0 Å². The van der Waals surface area contributed by atoms with E-state index in [1.807, 2.05) is 32.9 Å². The minimum absolute atomic E-state index is 0.0159. The topological polar surface area (TPSA) is 32.8 Å². The van der Waals surface area contributed by atoms with Gasteiger partial charge in [-0.15, -0.1) is 0 Å². The number of amides is 1. The Morgan fingerprint density at radius 3 is 2.54 bits per heavy atom. The number of hydrogen-bond donors (Lipinski definition) is 0. The van der Waals surface area contributed by atoms with Gasteiger partial charge in [-0.1, -0.05) is 6.07 Å². The van der Waals surface area contributed by atoms with Crippen LogP contribution in [0.3, 0.4) is 0 Å². The molecule has 0 aliphatic carbocycles. The second kappa shape index (κ2) is 8.42. The molecule has 0 N–H and O–H groups in total. The largest absolute Gasteiger partial charge is 0.444 e. The van der Waals surface area contributed by atoms with E-state index in [2.05, 4.69) is 4.90 Å². The molecule has 3 heterocycles. The highest BCUT2D eigenvalue weighted by Gasteiger charge is 2.45. The number of likely N-dealkylation sites (tertiary alicyclic amines) is 1. The zero-order chi connectivity index (χ0) is 25.1. The van der Waals surface area contributed by atoms with Gasteiger partial charge in [0.15, 0.2) is 0 Å². The van der Waals surface area contributed by atoms with E-state index in [-0.39, 0.29) is 23.6 Å². The van der Waals surface area contributed by atoms with E-state index < -0.39 is 23.2 Å². The number of ether oxygens (including phenoxy) is 1. The van der Waals surface area contributed by atoms with Crippen molar-refractivity contribution in [1.29, 1.82) is 0 Å². The number of benzene rings is 2. The second-order valence-electron chi connectivity index (χ2n) is 10.8. The van der Waals surface area contributed by atoms with E-state index in [1.54, 1.807) is 4.90 Å². The first-order valence-electron chi connectivity index (χ1n) is 12.2. The van der Waals surface area contributed by atoms with Crippen molar-refractivity contribution in [3.8, 4) is 11.1 Å². The molecule has 0 aromatic heterocycles. The highest BCUT2D eigenvalue weighted by molar-refractivity contribution is 5.78. The van der Waals surface area contributed by atoms with Crippen LogP contribution in [0.1, 0.15) is 62.6 Å². The highest BCUT2D eigenvalue weighted by Crippen LogP contribution is 2.50. The Morgan fingerprint density at radius 1 is 1.06 bits per heavy atom. The SMILES string of the molecule is CC(C)(C)OC(=O)N1CC[C@H]2[C@@H](C1)c1cc(-c3ccc(F)cc3C(F)(F)F)cc3c1N2CCCC3. The third-order valence-electron chi connectivity index (χ3n) is 7.23. The number of halogens is 4. The quantitative estimate of drug-likeness (QED) is 0.414. The highest BCUT2D eigenvalue weighted by atomic mass is 19.4. The third kappa shape index (κ3) is 4.47. The molecule has 3 aliphatic rings. The van der Waals surface area contributed by atoms with Crippen molar-refractivity contribution in [2.24, 2.45) is 0 Å². The zero-order valence-electron chi connectivity index (χ0n) is 20.2. The monoisotopic (exact) mass is 490 g/mol. The Labute approximate surface area is 202 Å². The maximum absolute atomic E-state index is 13.8. The van der Waals surface area contributed by atoms with Crippen molar-refractivity contribution >= 4 is 11.8 Å². The molecule has 0 bridgehead atoms. The summed E-state index contributed by atoms with van der Waals surface area (Å²) in [7, 11) is 0. The van der Waals surface area contributed by atoms with E-state index in [0.29, 0.717) is 24.7 Å². The van der Waals surface area contributed by atoms with Crippen LogP contribution in [0.25, 0.3) is 11.1 Å². The van der Waals surface area contributed by atoms with Gasteiger partial charge in [0.25, 0.3) is 0 Å². The number of aryl methyl sites for hydroxylation is 1. The van der Waals surface area contributed by atoms with Gasteiger partial charge in [-0.2, -0.15) is 13.2 Å². The molecular weight excluding hydrogens is 460 g/mol. The van der Waals surface area contributed by atoms with Crippen LogP contribution < -0.4 is 4.90 Å². The van der Waals surface area contributed by atoms with E-state index in [9.17, 15) is 22.4 Å². The van der Waals surface area contributed by atoms with Gasteiger partial charge in [0.2, 0.25) is 0 Å². The molecule has 1 amide bonds. The van der Waals surface area contributed by atoms with Crippen molar-refractivity contribution in [2.75, 3.05) is 24.5 Å². The van der Waals surface area contributed by atoms with Crippen molar-refractivity contribution in [2.45, 2.75) is 70.2 Å². The number of hydrogen-bond acceptors (Lipinski definition) is 3. The van der Waals surface area contributed by atoms with Crippen LogP contribution in [0.5, 0.6) is 0 Å². The second-order valence-corrected chi connectivity index (χ2v) is 10.8. The number of piperidine rings is 1. The smallest absolute Gasteiger partial charge is 0.417 e. The average Bonchev–Trinajstić information content (AvgIpc) is 2.92. The summed E-state index contributed by atoms with van der Waals surface area (Å²) in [6, 6.07) is 6.76. The molecule has 2 atom stereocenters. The Bertz CT molecular complexity index is 1160. The van der Waals surface area contributed by atoms with Gasteiger partial charge in [0.1, 0.15) is 11.4 Å². The summed E-state index contributed by atoms with van der Waals surface area (Å²) in [5, 5.41) is 0. The number of alkyl halides is 3. The van der Waals surface area contributed by atoms with Crippen molar-refractivity contribution in [1.82, 2.24) is 4.90 Å². The molecule has 3 aliphatic heterocycles. The Hall–Kier alpha value is -2.77. The minimum Gasteiger partial charge on any atom is -0.444 e. The lowest BCUT2D eigenvalue weighted by Gasteiger charge is -2.39. The van der Waals surface area contributed by atoms with Crippen molar-refractivity contribution in [3.05, 3.63) is 52.8 Å². The first-order valence-corrected chi connectivity index (χ1v) is 12.2. The van der Waals surface area contributed by atoms with Crippen LogP contribution in [0.15, 0.2) is 30.3 Å².